The summed E-state index contributed by atoms with van der Waals surface area (Å²) in [7, 11) is 0. The number of aryl methyl sites for hydroxylation is 2. The first-order valence-corrected chi connectivity index (χ1v) is 4.51. The molecule has 1 aromatic rings. The molecule has 0 radical (unpaired) electrons. The van der Waals surface area contributed by atoms with E-state index in [2.05, 4.69) is 0 Å². The van der Waals surface area contributed by atoms with E-state index in [1.54, 1.807) is 13.8 Å². The van der Waals surface area contributed by atoms with E-state index >= 15 is 0 Å². The lowest BCUT2D eigenvalue weighted by Crippen LogP contribution is -2.12. The molecule has 0 aliphatic heterocycles. The molecule has 0 saturated heterocycles. The minimum absolute atomic E-state index is 0.0461. The van der Waals surface area contributed by atoms with Crippen molar-refractivity contribution in [2.45, 2.75) is 20.0 Å². The molecule has 0 bridgehead atoms. The van der Waals surface area contributed by atoms with Gasteiger partial charge in [-0.3, -0.25) is 10.1 Å². The van der Waals surface area contributed by atoms with E-state index < -0.39 is 17.0 Å². The number of nitrogens with zero attached hydrogens (tertiary/aromatic N) is 1. The molecular weight excluding hydrogens is 214 g/mol. The SMILES string of the molecule is Cc1cc(C)c([N+](=O)[O-])cc1C(O)C(=O)O. The maximum atomic E-state index is 10.7. The van der Waals surface area contributed by atoms with Crippen molar-refractivity contribution in [1.29, 1.82) is 0 Å². The van der Waals surface area contributed by atoms with Gasteiger partial charge in [0.15, 0.2) is 6.10 Å². The highest BCUT2D eigenvalue weighted by Gasteiger charge is 2.22. The number of rotatable bonds is 3. The number of nitro benzene ring substituents is 1. The third-order valence-corrected chi connectivity index (χ3v) is 2.31. The summed E-state index contributed by atoms with van der Waals surface area (Å²) in [5.41, 5.74) is 0.799. The molecule has 6 nitrogen and oxygen atoms in total. The molecule has 0 heterocycles. The second-order valence-corrected chi connectivity index (χ2v) is 3.49. The minimum Gasteiger partial charge on any atom is -0.479 e. The lowest BCUT2D eigenvalue weighted by atomic mass is 9.99. The molecule has 0 spiro atoms. The molecule has 6 heteroatoms. The maximum absolute atomic E-state index is 10.7. The Morgan fingerprint density at radius 3 is 2.38 bits per heavy atom. The first-order chi connectivity index (χ1) is 7.34. The standard InChI is InChI=1S/C10H11NO5/c1-5-3-6(2)8(11(15)16)4-7(5)9(12)10(13)14/h3-4,9,12H,1-2H3,(H,13,14). The lowest BCUT2D eigenvalue weighted by molar-refractivity contribution is -0.385. The van der Waals surface area contributed by atoms with Crippen LogP contribution >= 0.6 is 0 Å². The molecule has 86 valence electrons. The zero-order valence-electron chi connectivity index (χ0n) is 8.80. The zero-order chi connectivity index (χ0) is 12.5. The smallest absolute Gasteiger partial charge is 0.337 e. The predicted octanol–water partition coefficient (Wildman–Crippen LogP) is 1.33. The zero-order valence-corrected chi connectivity index (χ0v) is 8.80. The molecule has 0 aliphatic rings. The molecule has 1 unspecified atom stereocenters. The minimum atomic E-state index is -1.74. The van der Waals surface area contributed by atoms with Crippen molar-refractivity contribution < 1.29 is 19.9 Å². The van der Waals surface area contributed by atoms with Gasteiger partial charge in [0.1, 0.15) is 0 Å². The molecule has 0 aromatic heterocycles. The fourth-order valence-corrected chi connectivity index (χ4v) is 1.48. The summed E-state index contributed by atoms with van der Waals surface area (Å²) in [6, 6.07) is 2.59. The van der Waals surface area contributed by atoms with Crippen molar-refractivity contribution in [2.75, 3.05) is 0 Å². The number of hydrogen-bond donors (Lipinski definition) is 2. The van der Waals surface area contributed by atoms with Gasteiger partial charge >= 0.3 is 5.97 Å². The number of aliphatic carboxylic acids is 1. The van der Waals surface area contributed by atoms with Gasteiger partial charge in [-0.15, -0.1) is 0 Å². The second-order valence-electron chi connectivity index (χ2n) is 3.49. The van der Waals surface area contributed by atoms with Crippen molar-refractivity contribution in [3.05, 3.63) is 38.9 Å². The van der Waals surface area contributed by atoms with E-state index in [1.807, 2.05) is 0 Å². The molecule has 0 amide bonds. The van der Waals surface area contributed by atoms with E-state index in [0.29, 0.717) is 11.1 Å². The Morgan fingerprint density at radius 1 is 1.38 bits per heavy atom. The molecule has 16 heavy (non-hydrogen) atoms. The van der Waals surface area contributed by atoms with Crippen LogP contribution < -0.4 is 0 Å². The van der Waals surface area contributed by atoms with Crippen LogP contribution in [0.5, 0.6) is 0 Å². The van der Waals surface area contributed by atoms with Crippen LogP contribution in [0.1, 0.15) is 22.8 Å². The van der Waals surface area contributed by atoms with Crippen LogP contribution in [0.15, 0.2) is 12.1 Å². The first kappa shape index (κ1) is 12.1. The Bertz CT molecular complexity index is 455. The van der Waals surface area contributed by atoms with Gasteiger partial charge in [0, 0.05) is 17.2 Å². The van der Waals surface area contributed by atoms with Crippen LogP contribution in [0.3, 0.4) is 0 Å². The topological polar surface area (TPSA) is 101 Å². The summed E-state index contributed by atoms with van der Waals surface area (Å²) in [6.07, 6.45) is -1.74. The van der Waals surface area contributed by atoms with E-state index in [-0.39, 0.29) is 11.3 Å². The molecule has 0 fully saturated rings. The number of benzene rings is 1. The van der Waals surface area contributed by atoms with Crippen molar-refractivity contribution in [1.82, 2.24) is 0 Å². The monoisotopic (exact) mass is 225 g/mol. The van der Waals surface area contributed by atoms with E-state index in [1.165, 1.54) is 6.07 Å². The van der Waals surface area contributed by atoms with E-state index in [9.17, 15) is 20.0 Å². The number of aliphatic hydroxyl groups is 1. The van der Waals surface area contributed by atoms with Crippen LogP contribution in [0.25, 0.3) is 0 Å². The van der Waals surface area contributed by atoms with Gasteiger partial charge in [0.2, 0.25) is 0 Å². The summed E-state index contributed by atoms with van der Waals surface area (Å²) in [6.45, 7) is 3.15. The molecular formula is C10H11NO5. The average molecular weight is 225 g/mol. The third kappa shape index (κ3) is 2.17. The van der Waals surface area contributed by atoms with Crippen LogP contribution in [0.2, 0.25) is 0 Å². The second kappa shape index (κ2) is 4.28. The van der Waals surface area contributed by atoms with Crippen LogP contribution in [0.4, 0.5) is 5.69 Å². The highest BCUT2D eigenvalue weighted by atomic mass is 16.6. The van der Waals surface area contributed by atoms with Gasteiger partial charge < -0.3 is 10.2 Å². The summed E-state index contributed by atoms with van der Waals surface area (Å²) in [5, 5.41) is 28.6. The molecule has 2 N–H and O–H groups in total. The largest absolute Gasteiger partial charge is 0.479 e. The van der Waals surface area contributed by atoms with Crippen molar-refractivity contribution in [3.63, 3.8) is 0 Å². The molecule has 1 rings (SSSR count). The summed E-state index contributed by atoms with van der Waals surface area (Å²) >= 11 is 0. The Hall–Kier alpha value is -1.95. The fraction of sp³-hybridized carbons (Fsp3) is 0.300. The lowest BCUT2D eigenvalue weighted by Gasteiger charge is -2.10. The number of nitro groups is 1. The van der Waals surface area contributed by atoms with Crippen molar-refractivity contribution in [2.24, 2.45) is 0 Å². The normalized spacial score (nSPS) is 12.2. The number of carboxylic acids is 1. The number of carbonyl (C=O) groups is 1. The highest BCUT2D eigenvalue weighted by Crippen LogP contribution is 2.26. The van der Waals surface area contributed by atoms with Gasteiger partial charge in [-0.2, -0.15) is 0 Å². The van der Waals surface area contributed by atoms with Crippen LogP contribution in [0, 0.1) is 24.0 Å². The number of aliphatic hydroxyl groups excluding tert-OH is 1. The average Bonchev–Trinajstić information content (AvgIpc) is 2.16. The Balaban J connectivity index is 3.35. The van der Waals surface area contributed by atoms with Gasteiger partial charge in [-0.1, -0.05) is 0 Å². The number of carboxylic acid groups (broad SMARTS) is 1. The molecule has 1 aromatic carbocycles. The summed E-state index contributed by atoms with van der Waals surface area (Å²) in [4.78, 5) is 20.6. The third-order valence-electron chi connectivity index (χ3n) is 2.31. The summed E-state index contributed by atoms with van der Waals surface area (Å²) < 4.78 is 0. The molecule has 1 atom stereocenters. The molecule has 0 aliphatic carbocycles. The predicted molar refractivity (Wildman–Crippen MR) is 55.2 cm³/mol. The maximum Gasteiger partial charge on any atom is 0.337 e. The van der Waals surface area contributed by atoms with E-state index in [4.69, 9.17) is 5.11 Å². The Labute approximate surface area is 91.3 Å². The van der Waals surface area contributed by atoms with Crippen LogP contribution in [-0.2, 0) is 4.79 Å². The first-order valence-electron chi connectivity index (χ1n) is 4.51. The van der Waals surface area contributed by atoms with Gasteiger partial charge in [-0.25, -0.2) is 4.79 Å². The Morgan fingerprint density at radius 2 is 1.94 bits per heavy atom. The Kier molecular flexibility index (Phi) is 3.24. The van der Waals surface area contributed by atoms with E-state index in [0.717, 1.165) is 6.07 Å². The van der Waals surface area contributed by atoms with Gasteiger partial charge in [0.05, 0.1) is 4.92 Å². The fourth-order valence-electron chi connectivity index (χ4n) is 1.48. The summed E-state index contributed by atoms with van der Waals surface area (Å²) in [5.74, 6) is -1.43. The highest BCUT2D eigenvalue weighted by molar-refractivity contribution is 5.75. The van der Waals surface area contributed by atoms with Gasteiger partial charge in [0.25, 0.3) is 5.69 Å². The number of hydrogen-bond acceptors (Lipinski definition) is 4. The quantitative estimate of drug-likeness (QED) is 0.597. The molecule has 0 saturated carbocycles. The van der Waals surface area contributed by atoms with Crippen molar-refractivity contribution >= 4 is 11.7 Å². The van der Waals surface area contributed by atoms with Gasteiger partial charge in [-0.05, 0) is 25.5 Å². The van der Waals surface area contributed by atoms with Crippen LogP contribution in [-0.4, -0.2) is 21.1 Å². The van der Waals surface area contributed by atoms with Crippen molar-refractivity contribution in [3.8, 4) is 0 Å².